The van der Waals surface area contributed by atoms with E-state index in [0.717, 1.165) is 39.3 Å². The average Bonchev–Trinajstić information content (AvgIpc) is 2.74. The monoisotopic (exact) mass is 439 g/mol. The van der Waals surface area contributed by atoms with Crippen LogP contribution in [-0.4, -0.2) is 141 Å². The molecule has 0 saturated carbocycles. The van der Waals surface area contributed by atoms with Crippen molar-refractivity contribution < 1.29 is 0 Å². The molecule has 0 fully saturated rings. The zero-order valence-corrected chi connectivity index (χ0v) is 24.7. The Morgan fingerprint density at radius 2 is 0.733 bits per heavy atom. The summed E-state index contributed by atoms with van der Waals surface area (Å²) in [4.78, 5) is 11.0. The third-order valence-corrected chi connectivity index (χ3v) is 3.27. The van der Waals surface area contributed by atoms with Gasteiger partial charge in [0.05, 0.1) is 0 Å². The molecule has 0 aliphatic heterocycles. The molecule has 0 aliphatic rings. The Morgan fingerprint density at radius 1 is 0.467 bits per heavy atom. The molecule has 0 rings (SSSR count). The molecule has 6 heteroatoms. The van der Waals surface area contributed by atoms with Gasteiger partial charge in [0.25, 0.3) is 0 Å². The molecule has 192 valence electrons. The van der Waals surface area contributed by atoms with Crippen LogP contribution in [0.15, 0.2) is 0 Å². The van der Waals surface area contributed by atoms with E-state index in [-0.39, 0.29) is 0 Å². The highest BCUT2D eigenvalue weighted by Gasteiger charge is 1.93. The predicted octanol–water partition coefficient (Wildman–Crippen LogP) is 3.46. The highest BCUT2D eigenvalue weighted by atomic mass is 15.1. The molecule has 0 aromatic carbocycles. The number of nitrogens with one attached hydrogen (secondary N) is 1. The van der Waals surface area contributed by atoms with Crippen LogP contribution in [0.25, 0.3) is 0 Å². The lowest BCUT2D eigenvalue weighted by Crippen LogP contribution is -2.28. The van der Waals surface area contributed by atoms with E-state index in [1.54, 1.807) is 0 Å². The first-order valence-corrected chi connectivity index (χ1v) is 12.0. The second-order valence-electron chi connectivity index (χ2n) is 7.21. The van der Waals surface area contributed by atoms with E-state index in [1.807, 2.05) is 48.6 Å². The Balaban J connectivity index is -0.0000000640. The van der Waals surface area contributed by atoms with Crippen LogP contribution >= 0.6 is 0 Å². The molecule has 6 nitrogen and oxygen atoms in total. The lowest BCUT2D eigenvalue weighted by molar-refractivity contribution is 0.292. The quantitative estimate of drug-likeness (QED) is 0.562. The summed E-state index contributed by atoms with van der Waals surface area (Å²) < 4.78 is 0. The van der Waals surface area contributed by atoms with Crippen molar-refractivity contribution in [1.29, 1.82) is 0 Å². The Labute approximate surface area is 195 Å². The molecule has 0 aliphatic carbocycles. The SMILES string of the molecule is CC.CC.CC.CCN(C)CCN(C)C.CN(C)CCN(C)C.CNCCN(C)C. The van der Waals surface area contributed by atoms with E-state index in [1.165, 1.54) is 6.54 Å². The van der Waals surface area contributed by atoms with Gasteiger partial charge in [0.15, 0.2) is 0 Å². The van der Waals surface area contributed by atoms with Crippen LogP contribution in [0.4, 0.5) is 0 Å². The van der Waals surface area contributed by atoms with Gasteiger partial charge in [0.1, 0.15) is 0 Å². The van der Waals surface area contributed by atoms with E-state index < -0.39 is 0 Å². The number of hydrogen-bond donors (Lipinski definition) is 1. The van der Waals surface area contributed by atoms with E-state index in [2.05, 4.69) is 100 Å². The van der Waals surface area contributed by atoms with Crippen molar-refractivity contribution in [1.82, 2.24) is 29.8 Å². The van der Waals surface area contributed by atoms with Crippen molar-refractivity contribution in [3.63, 3.8) is 0 Å². The zero-order valence-electron chi connectivity index (χ0n) is 24.7. The fraction of sp³-hybridized carbons (Fsp3) is 1.00. The van der Waals surface area contributed by atoms with Gasteiger partial charge in [-0.25, -0.2) is 0 Å². The minimum atomic E-state index is 1.08. The zero-order chi connectivity index (χ0) is 25.5. The largest absolute Gasteiger partial charge is 0.318 e. The normalized spacial score (nSPS) is 9.40. The molecule has 30 heavy (non-hydrogen) atoms. The smallest absolute Gasteiger partial charge is 0.0106 e. The maximum absolute atomic E-state index is 3.06. The minimum absolute atomic E-state index is 1.08. The Hall–Kier alpha value is -0.240. The highest BCUT2D eigenvalue weighted by Crippen LogP contribution is 1.81. The van der Waals surface area contributed by atoms with Crippen LogP contribution in [0.1, 0.15) is 48.5 Å². The van der Waals surface area contributed by atoms with Crippen molar-refractivity contribution in [2.45, 2.75) is 48.5 Å². The van der Waals surface area contributed by atoms with Crippen molar-refractivity contribution >= 4 is 0 Å². The summed E-state index contributed by atoms with van der Waals surface area (Å²) in [6, 6.07) is 0. The van der Waals surface area contributed by atoms with Crippen molar-refractivity contribution in [2.24, 2.45) is 0 Å². The lowest BCUT2D eigenvalue weighted by atomic mass is 10.5. The Bertz CT molecular complexity index is 214. The first-order valence-electron chi connectivity index (χ1n) is 12.0. The van der Waals surface area contributed by atoms with E-state index >= 15 is 0 Å². The third kappa shape index (κ3) is 80.0. The fourth-order valence-electron chi connectivity index (χ4n) is 1.26. The van der Waals surface area contributed by atoms with Gasteiger partial charge in [-0.1, -0.05) is 48.5 Å². The number of hydrogen-bond acceptors (Lipinski definition) is 6. The molecule has 0 unspecified atom stereocenters. The Kier molecular flexibility index (Phi) is 62.2. The molecule has 0 bridgehead atoms. The second kappa shape index (κ2) is 42.8. The first kappa shape index (κ1) is 43.6. The number of rotatable bonds is 10. The van der Waals surface area contributed by atoms with Crippen LogP contribution in [0.2, 0.25) is 0 Å². The molecule has 1 N–H and O–H groups in total. The maximum atomic E-state index is 3.06. The van der Waals surface area contributed by atoms with E-state index in [0.29, 0.717) is 0 Å². The lowest BCUT2D eigenvalue weighted by Gasteiger charge is -2.16. The molecule has 0 radical (unpaired) electrons. The first-order chi connectivity index (χ1) is 14.1. The van der Waals surface area contributed by atoms with Crippen molar-refractivity contribution in [2.75, 3.05) is 116 Å². The molecule has 0 aromatic heterocycles. The van der Waals surface area contributed by atoms with Crippen LogP contribution in [0.5, 0.6) is 0 Å². The molecule has 0 aromatic rings. The molecule has 0 spiro atoms. The second-order valence-corrected chi connectivity index (χ2v) is 7.21. The molecule has 0 heterocycles. The summed E-state index contributed by atoms with van der Waals surface area (Å²) in [7, 11) is 20.8. The van der Waals surface area contributed by atoms with Gasteiger partial charge in [0, 0.05) is 39.3 Å². The van der Waals surface area contributed by atoms with Gasteiger partial charge in [0.2, 0.25) is 0 Å². The molecule has 0 atom stereocenters. The summed E-state index contributed by atoms with van der Waals surface area (Å²) in [5.74, 6) is 0. The summed E-state index contributed by atoms with van der Waals surface area (Å²) in [5.41, 5.74) is 0. The summed E-state index contributed by atoms with van der Waals surface area (Å²) >= 11 is 0. The van der Waals surface area contributed by atoms with Gasteiger partial charge in [-0.2, -0.15) is 0 Å². The van der Waals surface area contributed by atoms with Crippen LogP contribution < -0.4 is 5.32 Å². The predicted molar refractivity (Wildman–Crippen MR) is 145 cm³/mol. The molecule has 0 amide bonds. The fourth-order valence-corrected chi connectivity index (χ4v) is 1.26. The van der Waals surface area contributed by atoms with Crippen LogP contribution in [-0.2, 0) is 0 Å². The third-order valence-electron chi connectivity index (χ3n) is 3.27. The molecular formula is C24H66N6. The number of nitrogens with zero attached hydrogens (tertiary/aromatic N) is 5. The topological polar surface area (TPSA) is 28.2 Å². The summed E-state index contributed by atoms with van der Waals surface area (Å²) in [6.45, 7) is 22.1. The van der Waals surface area contributed by atoms with Gasteiger partial charge in [-0.15, -0.1) is 0 Å². The van der Waals surface area contributed by atoms with Crippen molar-refractivity contribution in [3.05, 3.63) is 0 Å². The summed E-state index contributed by atoms with van der Waals surface area (Å²) in [5, 5.41) is 3.06. The minimum Gasteiger partial charge on any atom is -0.318 e. The number of likely N-dealkylation sites (N-methyl/N-ethyl adjacent to an activating group) is 6. The molecule has 0 saturated heterocycles. The average molecular weight is 439 g/mol. The van der Waals surface area contributed by atoms with Crippen molar-refractivity contribution in [3.8, 4) is 0 Å². The highest BCUT2D eigenvalue weighted by molar-refractivity contribution is 4.49. The van der Waals surface area contributed by atoms with Gasteiger partial charge >= 0.3 is 0 Å². The van der Waals surface area contributed by atoms with E-state index in [4.69, 9.17) is 0 Å². The molecular weight excluding hydrogens is 372 g/mol. The van der Waals surface area contributed by atoms with Gasteiger partial charge < -0.3 is 29.8 Å². The standard InChI is InChI=1S/C7H18N2.C6H16N2.C5H14N2.3C2H6/c1-5-9(4)7-6-8(2)3;1-7(2)5-6-8(3)4;1-6-4-5-7(2)3;3*1-2/h5-7H2,1-4H3;5-6H2,1-4H3;6H,4-5H2,1-3H3;3*1-2H3. The van der Waals surface area contributed by atoms with Gasteiger partial charge in [-0.3, -0.25) is 0 Å². The maximum Gasteiger partial charge on any atom is 0.0106 e. The van der Waals surface area contributed by atoms with Crippen LogP contribution in [0.3, 0.4) is 0 Å². The Morgan fingerprint density at radius 3 is 0.900 bits per heavy atom. The van der Waals surface area contributed by atoms with Gasteiger partial charge in [-0.05, 0) is 77.0 Å². The van der Waals surface area contributed by atoms with Crippen LogP contribution in [0, 0.1) is 0 Å². The van der Waals surface area contributed by atoms with E-state index in [9.17, 15) is 0 Å². The summed E-state index contributed by atoms with van der Waals surface area (Å²) in [6.07, 6.45) is 0.